The van der Waals surface area contributed by atoms with Crippen LogP contribution in [0.5, 0.6) is 0 Å². The van der Waals surface area contributed by atoms with Gasteiger partial charge in [-0.05, 0) is 57.2 Å². The average molecular weight is 468 g/mol. The summed E-state index contributed by atoms with van der Waals surface area (Å²) in [6.07, 6.45) is 3.96. The molecule has 174 valence electrons. The molecule has 1 atom stereocenters. The minimum atomic E-state index is 0.0464. The molecule has 0 saturated carbocycles. The number of hydrogen-bond donors (Lipinski definition) is 1. The van der Waals surface area contributed by atoms with Crippen LogP contribution in [0.2, 0.25) is 5.02 Å². The normalized spacial score (nSPS) is 19.4. The standard InChI is InChI=1S/C25H30ClN5O2/c1-16-14-22(30-11-9-19(10-12-30)25(32)27-15-21-4-3-13-33-21)31-24(28-16)23(17(2)29-31)18-5-7-20(26)8-6-18/h5-8,14,19,21H,3-4,9-13,15H2,1-2H3,(H,27,32)/t21-/m0/s1. The number of amides is 1. The van der Waals surface area contributed by atoms with Crippen LogP contribution >= 0.6 is 11.6 Å². The van der Waals surface area contributed by atoms with Gasteiger partial charge in [-0.25, -0.2) is 4.98 Å². The Labute approximate surface area is 199 Å². The number of aryl methyl sites for hydroxylation is 2. The molecule has 0 spiro atoms. The highest BCUT2D eigenvalue weighted by Crippen LogP contribution is 2.32. The molecule has 4 heterocycles. The molecule has 0 unspecified atom stereocenters. The lowest BCUT2D eigenvalue weighted by atomic mass is 9.95. The van der Waals surface area contributed by atoms with Gasteiger partial charge < -0.3 is 15.0 Å². The zero-order valence-corrected chi connectivity index (χ0v) is 19.9. The van der Waals surface area contributed by atoms with Crippen molar-refractivity contribution in [3.63, 3.8) is 0 Å². The third-order valence-electron chi connectivity index (χ3n) is 6.72. The number of nitrogens with one attached hydrogen (secondary N) is 1. The van der Waals surface area contributed by atoms with Gasteiger partial charge in [-0.3, -0.25) is 4.79 Å². The first-order valence-electron chi connectivity index (χ1n) is 11.8. The second-order valence-electron chi connectivity index (χ2n) is 9.10. The third kappa shape index (κ3) is 4.57. The van der Waals surface area contributed by atoms with Crippen LogP contribution in [0.1, 0.15) is 37.1 Å². The zero-order chi connectivity index (χ0) is 22.9. The quantitative estimate of drug-likeness (QED) is 0.609. The fourth-order valence-electron chi connectivity index (χ4n) is 4.94. The van der Waals surface area contributed by atoms with Gasteiger partial charge in [0.2, 0.25) is 5.91 Å². The monoisotopic (exact) mass is 467 g/mol. The number of carbonyl (C=O) groups excluding carboxylic acids is 1. The molecular formula is C25H30ClN5O2. The summed E-state index contributed by atoms with van der Waals surface area (Å²) in [6, 6.07) is 9.90. The first kappa shape index (κ1) is 22.2. The predicted molar refractivity (Wildman–Crippen MR) is 130 cm³/mol. The van der Waals surface area contributed by atoms with Gasteiger partial charge in [0.25, 0.3) is 0 Å². The Morgan fingerprint density at radius 3 is 2.64 bits per heavy atom. The molecule has 2 aromatic heterocycles. The molecule has 5 rings (SSSR count). The fraction of sp³-hybridized carbons (Fsp3) is 0.480. The van der Waals surface area contributed by atoms with Crippen molar-refractivity contribution < 1.29 is 9.53 Å². The topological polar surface area (TPSA) is 71.8 Å². The van der Waals surface area contributed by atoms with Gasteiger partial charge in [-0.2, -0.15) is 9.61 Å². The number of halogens is 1. The van der Waals surface area contributed by atoms with Crippen LogP contribution in [0.4, 0.5) is 5.82 Å². The molecule has 33 heavy (non-hydrogen) atoms. The van der Waals surface area contributed by atoms with Crippen molar-refractivity contribution in [3.8, 4) is 11.1 Å². The molecule has 1 aromatic carbocycles. The highest BCUT2D eigenvalue weighted by Gasteiger charge is 2.28. The highest BCUT2D eigenvalue weighted by molar-refractivity contribution is 6.30. The smallest absolute Gasteiger partial charge is 0.223 e. The van der Waals surface area contributed by atoms with Gasteiger partial charge in [-0.1, -0.05) is 23.7 Å². The van der Waals surface area contributed by atoms with Crippen molar-refractivity contribution >= 4 is 29.0 Å². The van der Waals surface area contributed by atoms with Crippen molar-refractivity contribution in [3.05, 3.63) is 46.7 Å². The minimum Gasteiger partial charge on any atom is -0.376 e. The maximum atomic E-state index is 12.7. The molecule has 0 radical (unpaired) electrons. The zero-order valence-electron chi connectivity index (χ0n) is 19.2. The SMILES string of the molecule is Cc1cc(N2CCC(C(=O)NC[C@@H]3CCCO3)CC2)n2nc(C)c(-c3ccc(Cl)cc3)c2n1. The van der Waals surface area contributed by atoms with Crippen LogP contribution in [-0.4, -0.2) is 52.9 Å². The molecule has 0 aliphatic carbocycles. The average Bonchev–Trinajstić information content (AvgIpc) is 3.45. The summed E-state index contributed by atoms with van der Waals surface area (Å²) < 4.78 is 7.57. The Morgan fingerprint density at radius 1 is 1.18 bits per heavy atom. The number of fused-ring (bicyclic) bond motifs is 1. The number of aromatic nitrogens is 3. The molecule has 2 aliphatic heterocycles. The second kappa shape index (κ2) is 9.31. The van der Waals surface area contributed by atoms with Crippen LogP contribution in [0, 0.1) is 19.8 Å². The molecule has 2 aliphatic rings. The first-order valence-corrected chi connectivity index (χ1v) is 12.1. The second-order valence-corrected chi connectivity index (χ2v) is 9.54. The summed E-state index contributed by atoms with van der Waals surface area (Å²) in [4.78, 5) is 19.8. The third-order valence-corrected chi connectivity index (χ3v) is 6.98. The van der Waals surface area contributed by atoms with Crippen LogP contribution in [0.15, 0.2) is 30.3 Å². The van der Waals surface area contributed by atoms with Crippen molar-refractivity contribution in [1.82, 2.24) is 19.9 Å². The highest BCUT2D eigenvalue weighted by atomic mass is 35.5. The van der Waals surface area contributed by atoms with Gasteiger partial charge in [0, 0.05) is 54.5 Å². The van der Waals surface area contributed by atoms with E-state index in [-0.39, 0.29) is 17.9 Å². The van der Waals surface area contributed by atoms with Gasteiger partial charge in [0.15, 0.2) is 5.65 Å². The van der Waals surface area contributed by atoms with E-state index in [2.05, 4.69) is 16.3 Å². The number of nitrogens with zero attached hydrogens (tertiary/aromatic N) is 4. The summed E-state index contributed by atoms with van der Waals surface area (Å²) in [7, 11) is 0. The predicted octanol–water partition coefficient (Wildman–Crippen LogP) is 4.18. The van der Waals surface area contributed by atoms with Crippen LogP contribution < -0.4 is 10.2 Å². The minimum absolute atomic E-state index is 0.0464. The maximum Gasteiger partial charge on any atom is 0.223 e. The lowest BCUT2D eigenvalue weighted by Gasteiger charge is -2.33. The lowest BCUT2D eigenvalue weighted by Crippen LogP contribution is -2.43. The van der Waals surface area contributed by atoms with Crippen molar-refractivity contribution in [2.45, 2.75) is 45.6 Å². The van der Waals surface area contributed by atoms with E-state index in [1.165, 1.54) is 0 Å². The number of rotatable bonds is 5. The Morgan fingerprint density at radius 2 is 1.94 bits per heavy atom. The molecule has 2 fully saturated rings. The van der Waals surface area contributed by atoms with E-state index in [4.69, 9.17) is 26.4 Å². The van der Waals surface area contributed by atoms with Crippen molar-refractivity contribution in [2.24, 2.45) is 5.92 Å². The van der Waals surface area contributed by atoms with E-state index in [0.717, 1.165) is 79.4 Å². The van der Waals surface area contributed by atoms with E-state index in [1.54, 1.807) is 0 Å². The van der Waals surface area contributed by atoms with Gasteiger partial charge in [0.1, 0.15) is 5.82 Å². The van der Waals surface area contributed by atoms with E-state index in [9.17, 15) is 4.79 Å². The maximum absolute atomic E-state index is 12.7. The number of hydrogen-bond acceptors (Lipinski definition) is 5. The number of anilines is 1. The van der Waals surface area contributed by atoms with Gasteiger partial charge in [0.05, 0.1) is 11.8 Å². The van der Waals surface area contributed by atoms with Gasteiger partial charge >= 0.3 is 0 Å². The molecule has 1 amide bonds. The molecule has 7 nitrogen and oxygen atoms in total. The first-order chi connectivity index (χ1) is 16.0. The van der Waals surface area contributed by atoms with Crippen molar-refractivity contribution in [2.75, 3.05) is 31.1 Å². The molecule has 0 bridgehead atoms. The molecular weight excluding hydrogens is 438 g/mol. The van der Waals surface area contributed by atoms with Crippen LogP contribution in [0.25, 0.3) is 16.8 Å². The van der Waals surface area contributed by atoms with Crippen LogP contribution in [-0.2, 0) is 9.53 Å². The van der Waals surface area contributed by atoms with E-state index in [0.29, 0.717) is 11.6 Å². The number of carbonyl (C=O) groups is 1. The molecule has 3 aromatic rings. The van der Waals surface area contributed by atoms with Crippen LogP contribution in [0.3, 0.4) is 0 Å². The Hall–Kier alpha value is -2.64. The summed E-state index contributed by atoms with van der Waals surface area (Å²) in [5.74, 6) is 1.23. The summed E-state index contributed by atoms with van der Waals surface area (Å²) in [6.45, 7) is 7.09. The largest absolute Gasteiger partial charge is 0.376 e. The summed E-state index contributed by atoms with van der Waals surface area (Å²) >= 11 is 6.09. The fourth-order valence-corrected chi connectivity index (χ4v) is 5.07. The number of benzene rings is 1. The van der Waals surface area contributed by atoms with Gasteiger partial charge in [-0.15, -0.1) is 0 Å². The molecule has 8 heteroatoms. The Balaban J connectivity index is 1.33. The number of piperidine rings is 1. The van der Waals surface area contributed by atoms with E-state index in [1.807, 2.05) is 42.6 Å². The Bertz CT molecular complexity index is 1150. The molecule has 2 saturated heterocycles. The van der Waals surface area contributed by atoms with E-state index < -0.39 is 0 Å². The van der Waals surface area contributed by atoms with Crippen molar-refractivity contribution in [1.29, 1.82) is 0 Å². The number of ether oxygens (including phenoxy) is 1. The van der Waals surface area contributed by atoms with E-state index >= 15 is 0 Å². The summed E-state index contributed by atoms with van der Waals surface area (Å²) in [5, 5.41) is 8.65. The summed E-state index contributed by atoms with van der Waals surface area (Å²) in [5.41, 5.74) is 4.81. The molecule has 1 N–H and O–H groups in total. The lowest BCUT2D eigenvalue weighted by molar-refractivity contribution is -0.126. The Kier molecular flexibility index (Phi) is 6.25.